The number of ether oxygens (including phenoxy) is 2. The van der Waals surface area contributed by atoms with Crippen molar-refractivity contribution in [3.63, 3.8) is 0 Å². The molecule has 1 heterocycles. The van der Waals surface area contributed by atoms with E-state index in [-0.39, 0.29) is 39.9 Å². The summed E-state index contributed by atoms with van der Waals surface area (Å²) in [5.74, 6) is -0.186. The smallest absolute Gasteiger partial charge is 0.186 e. The van der Waals surface area contributed by atoms with Crippen LogP contribution in [0.4, 0.5) is 0 Å². The van der Waals surface area contributed by atoms with Gasteiger partial charge in [-0.05, 0) is 117 Å². The fourth-order valence-corrected chi connectivity index (χ4v) is 11.9. The van der Waals surface area contributed by atoms with Gasteiger partial charge in [-0.2, -0.15) is 0 Å². The molecule has 7 N–H and O–H groups in total. The van der Waals surface area contributed by atoms with Gasteiger partial charge in [0.1, 0.15) is 24.4 Å². The van der Waals surface area contributed by atoms with E-state index in [1.165, 1.54) is 5.57 Å². The molecule has 1 saturated heterocycles. The zero-order valence-corrected chi connectivity index (χ0v) is 28.8. The normalized spacial score (nSPS) is 52.2. The molecule has 0 amide bonds. The third-order valence-electron chi connectivity index (χ3n) is 14.4. The van der Waals surface area contributed by atoms with E-state index < -0.39 is 66.6 Å². The second-order valence-electron chi connectivity index (χ2n) is 17.5. The monoisotopic (exact) mass is 638 g/mol. The number of hydrogen-bond donors (Lipinski definition) is 7. The van der Waals surface area contributed by atoms with Gasteiger partial charge < -0.3 is 45.2 Å². The van der Waals surface area contributed by atoms with Gasteiger partial charge in [0, 0.05) is 0 Å². The van der Waals surface area contributed by atoms with Gasteiger partial charge in [-0.25, -0.2) is 0 Å². The summed E-state index contributed by atoms with van der Waals surface area (Å²) in [5.41, 5.74) is -1.21. The Labute approximate surface area is 270 Å². The minimum absolute atomic E-state index is 0.0548. The van der Waals surface area contributed by atoms with Crippen molar-refractivity contribution < 1.29 is 45.2 Å². The van der Waals surface area contributed by atoms with Crippen LogP contribution in [-0.2, 0) is 9.47 Å². The van der Waals surface area contributed by atoms with E-state index in [2.05, 4.69) is 54.5 Å². The van der Waals surface area contributed by atoms with Gasteiger partial charge in [0.15, 0.2) is 6.29 Å². The summed E-state index contributed by atoms with van der Waals surface area (Å²) in [6, 6.07) is 0. The molecule has 5 rings (SSSR count). The van der Waals surface area contributed by atoms with E-state index in [1.807, 2.05) is 6.92 Å². The van der Waals surface area contributed by atoms with Crippen LogP contribution < -0.4 is 0 Å². The molecule has 0 aromatic rings. The van der Waals surface area contributed by atoms with E-state index in [0.29, 0.717) is 25.7 Å². The maximum absolute atomic E-state index is 12.1. The van der Waals surface area contributed by atoms with Crippen LogP contribution in [0, 0.1) is 45.3 Å². The molecule has 5 fully saturated rings. The van der Waals surface area contributed by atoms with Crippen molar-refractivity contribution >= 4 is 0 Å². The molecule has 9 nitrogen and oxygen atoms in total. The summed E-state index contributed by atoms with van der Waals surface area (Å²) in [5, 5.41) is 77.2. The molecule has 0 bridgehead atoms. The van der Waals surface area contributed by atoms with Crippen molar-refractivity contribution in [2.45, 2.75) is 161 Å². The Balaban J connectivity index is 1.54. The lowest BCUT2D eigenvalue weighted by atomic mass is 9.34. The standard InChI is InChI=1S/C36H62O9/c1-19(2)10-9-13-36(8,43)20-11-15-34(6)26(20)21(38)16-24-33(5)14-12-25(39)32(3,4)30(33)22(17-35(24,34)7)44-31-29(42)28(41)27(40)23(18-37)45-31/h10,20-31,37-43H,9,11-18H2,1-8H3/t20-,21+,22-,23-,24-,25-,26+,27-,28+,29-,30+,31-,33-,34+,35-,36-/m1/s1. The van der Waals surface area contributed by atoms with Crippen molar-refractivity contribution in [1.29, 1.82) is 0 Å². The first-order valence-corrected chi connectivity index (χ1v) is 17.4. The van der Waals surface area contributed by atoms with Crippen LogP contribution in [-0.4, -0.2) is 97.0 Å². The molecule has 0 unspecified atom stereocenters. The van der Waals surface area contributed by atoms with Gasteiger partial charge in [0.05, 0.1) is 30.5 Å². The summed E-state index contributed by atoms with van der Waals surface area (Å²) >= 11 is 0. The molecule has 4 saturated carbocycles. The highest BCUT2D eigenvalue weighted by atomic mass is 16.7. The summed E-state index contributed by atoms with van der Waals surface area (Å²) in [4.78, 5) is 0. The van der Waals surface area contributed by atoms with Crippen LogP contribution in [0.3, 0.4) is 0 Å². The van der Waals surface area contributed by atoms with Gasteiger partial charge >= 0.3 is 0 Å². The number of allylic oxidation sites excluding steroid dienone is 2. The minimum atomic E-state index is -1.54. The Hall–Kier alpha value is -0.620. The van der Waals surface area contributed by atoms with Gasteiger partial charge in [-0.15, -0.1) is 0 Å². The van der Waals surface area contributed by atoms with Gasteiger partial charge in [-0.1, -0.05) is 46.3 Å². The van der Waals surface area contributed by atoms with Crippen LogP contribution in [0.1, 0.15) is 107 Å². The Morgan fingerprint density at radius 1 is 0.933 bits per heavy atom. The molecule has 0 radical (unpaired) electrons. The SMILES string of the molecule is CC(C)=CCC[C@@](C)(O)[C@@H]1CC[C@@]2(C)[C@@H]1[C@@H](O)C[C@@H]1[C@@]3(C)CC[C@@H](O)C(C)(C)[C@@H]3[C@H](O[C@@H]3O[C@H](CO)[C@@H](O)[C@H](O)[C@H]3O)C[C@]12C. The fraction of sp³-hybridized carbons (Fsp3) is 0.944. The topological polar surface area (TPSA) is 160 Å². The maximum Gasteiger partial charge on any atom is 0.186 e. The number of aliphatic hydroxyl groups is 7. The predicted octanol–water partition coefficient (Wildman–Crippen LogP) is 3.30. The van der Waals surface area contributed by atoms with Crippen molar-refractivity contribution in [2.24, 2.45) is 45.3 Å². The number of aliphatic hydroxyl groups excluding tert-OH is 6. The number of rotatable bonds is 7. The molecule has 260 valence electrons. The second kappa shape index (κ2) is 12.1. The molecule has 0 aromatic carbocycles. The van der Waals surface area contributed by atoms with Crippen molar-refractivity contribution in [1.82, 2.24) is 0 Å². The van der Waals surface area contributed by atoms with Crippen molar-refractivity contribution in [2.75, 3.05) is 6.61 Å². The Morgan fingerprint density at radius 3 is 2.22 bits per heavy atom. The summed E-state index contributed by atoms with van der Waals surface area (Å²) in [6.45, 7) is 16.6. The molecule has 1 aliphatic heterocycles. The average Bonchev–Trinajstić information content (AvgIpc) is 3.33. The highest BCUT2D eigenvalue weighted by Crippen LogP contribution is 2.76. The molecule has 0 spiro atoms. The van der Waals surface area contributed by atoms with Crippen molar-refractivity contribution in [3.8, 4) is 0 Å². The van der Waals surface area contributed by atoms with Crippen molar-refractivity contribution in [3.05, 3.63) is 11.6 Å². The van der Waals surface area contributed by atoms with Crippen LogP contribution in [0.15, 0.2) is 11.6 Å². The van der Waals surface area contributed by atoms with E-state index in [9.17, 15) is 35.7 Å². The predicted molar refractivity (Wildman–Crippen MR) is 170 cm³/mol. The molecule has 0 aromatic heterocycles. The Kier molecular flexibility index (Phi) is 9.56. The van der Waals surface area contributed by atoms with Gasteiger partial charge in [0.2, 0.25) is 0 Å². The fourth-order valence-electron chi connectivity index (χ4n) is 11.9. The van der Waals surface area contributed by atoms with Crippen LogP contribution in [0.2, 0.25) is 0 Å². The molecule has 45 heavy (non-hydrogen) atoms. The quantitative estimate of drug-likeness (QED) is 0.164. The zero-order valence-electron chi connectivity index (χ0n) is 28.8. The maximum atomic E-state index is 12.1. The van der Waals surface area contributed by atoms with E-state index in [1.54, 1.807) is 0 Å². The van der Waals surface area contributed by atoms with E-state index >= 15 is 0 Å². The minimum Gasteiger partial charge on any atom is -0.394 e. The summed E-state index contributed by atoms with van der Waals surface area (Å²) in [6.07, 6.45) is -0.603. The van der Waals surface area contributed by atoms with E-state index in [0.717, 1.165) is 25.7 Å². The largest absolute Gasteiger partial charge is 0.394 e. The van der Waals surface area contributed by atoms with Crippen LogP contribution in [0.25, 0.3) is 0 Å². The van der Waals surface area contributed by atoms with Crippen LogP contribution in [0.5, 0.6) is 0 Å². The molecule has 9 heteroatoms. The lowest BCUT2D eigenvalue weighted by Gasteiger charge is -2.72. The summed E-state index contributed by atoms with van der Waals surface area (Å²) < 4.78 is 12.6. The Morgan fingerprint density at radius 2 is 1.60 bits per heavy atom. The molecular formula is C36H62O9. The Bertz CT molecular complexity index is 1100. The number of hydrogen-bond acceptors (Lipinski definition) is 9. The third kappa shape index (κ3) is 5.48. The first kappa shape index (κ1) is 35.7. The first-order valence-electron chi connectivity index (χ1n) is 17.4. The highest BCUT2D eigenvalue weighted by Gasteiger charge is 2.73. The average molecular weight is 639 g/mol. The molecular weight excluding hydrogens is 576 g/mol. The molecule has 4 aliphatic carbocycles. The third-order valence-corrected chi connectivity index (χ3v) is 14.4. The second-order valence-corrected chi connectivity index (χ2v) is 17.5. The summed E-state index contributed by atoms with van der Waals surface area (Å²) in [7, 11) is 0. The lowest BCUT2D eigenvalue weighted by molar-refractivity contribution is -0.346. The van der Waals surface area contributed by atoms with E-state index in [4.69, 9.17) is 9.47 Å². The first-order chi connectivity index (χ1) is 20.8. The van der Waals surface area contributed by atoms with Crippen LogP contribution >= 0.6 is 0 Å². The molecule has 16 atom stereocenters. The lowest BCUT2D eigenvalue weighted by Crippen LogP contribution is -2.71. The van der Waals surface area contributed by atoms with Gasteiger partial charge in [0.25, 0.3) is 0 Å². The highest BCUT2D eigenvalue weighted by molar-refractivity contribution is 5.22. The zero-order chi connectivity index (χ0) is 33.5. The molecule has 5 aliphatic rings. The number of fused-ring (bicyclic) bond motifs is 5. The van der Waals surface area contributed by atoms with Gasteiger partial charge in [-0.3, -0.25) is 0 Å².